The Bertz CT molecular complexity index is 1310. The summed E-state index contributed by atoms with van der Waals surface area (Å²) in [6.45, 7) is 21.5. The molecule has 2 aliphatic heterocycles. The number of carbonyl (C=O) groups excluding carboxylic acids is 1. The summed E-state index contributed by atoms with van der Waals surface area (Å²) in [4.78, 5) is 25.7. The second kappa shape index (κ2) is 12.9. The van der Waals surface area contributed by atoms with Crippen LogP contribution in [0.25, 0.3) is 0 Å². The lowest BCUT2D eigenvalue weighted by Gasteiger charge is -2.59. The van der Waals surface area contributed by atoms with Crippen LogP contribution in [0.2, 0.25) is 0 Å². The molecule has 9 heteroatoms. The van der Waals surface area contributed by atoms with Gasteiger partial charge in [-0.05, 0) is 63.5 Å². The van der Waals surface area contributed by atoms with E-state index >= 15 is 0 Å². The van der Waals surface area contributed by atoms with E-state index in [2.05, 4.69) is 33.3 Å². The van der Waals surface area contributed by atoms with Gasteiger partial charge in [-0.15, -0.1) is 0 Å². The molecule has 220 valence electrons. The smallest absolute Gasteiger partial charge is 0.257 e. The molecule has 1 spiro atoms. The lowest BCUT2D eigenvalue weighted by Crippen LogP contribution is -2.64. The molecule has 0 unspecified atom stereocenters. The van der Waals surface area contributed by atoms with Crippen molar-refractivity contribution in [1.82, 2.24) is 20.2 Å². The number of nitrogens with one attached hydrogen (secondary N) is 1. The summed E-state index contributed by atoms with van der Waals surface area (Å²) >= 11 is 0. The quantitative estimate of drug-likeness (QED) is 0.381. The molecule has 5 rings (SSSR count). The van der Waals surface area contributed by atoms with Crippen LogP contribution in [-0.4, -0.2) is 65.6 Å². The highest BCUT2D eigenvalue weighted by Crippen LogP contribution is 2.52. The first-order chi connectivity index (χ1) is 19.7. The Balaban J connectivity index is 0.00000189. The number of nitrogens with zero attached hydrogens (tertiary/aromatic N) is 4. The molecule has 2 saturated heterocycles. The summed E-state index contributed by atoms with van der Waals surface area (Å²) < 4.78 is 26.6. The fraction of sp³-hybridized carbons (Fsp3) is 0.469. The van der Waals surface area contributed by atoms with Crippen LogP contribution in [0.3, 0.4) is 0 Å². The molecule has 8 nitrogen and oxygen atoms in total. The van der Waals surface area contributed by atoms with Gasteiger partial charge in [0.25, 0.3) is 5.91 Å². The van der Waals surface area contributed by atoms with Gasteiger partial charge in [-0.1, -0.05) is 27.0 Å². The van der Waals surface area contributed by atoms with Crippen LogP contribution in [0.5, 0.6) is 11.5 Å². The Morgan fingerprint density at radius 1 is 1.27 bits per heavy atom. The molecule has 0 atom stereocenters. The van der Waals surface area contributed by atoms with Crippen molar-refractivity contribution >= 4 is 11.7 Å². The predicted molar refractivity (Wildman–Crippen MR) is 160 cm³/mol. The first kappa shape index (κ1) is 30.2. The number of allylic oxidation sites excluding steroid dienone is 1. The number of anilines is 1. The zero-order valence-electron chi connectivity index (χ0n) is 24.9. The summed E-state index contributed by atoms with van der Waals surface area (Å²) in [5.41, 5.74) is 2.51. The van der Waals surface area contributed by atoms with Crippen molar-refractivity contribution in [3.05, 3.63) is 78.2 Å². The molecule has 0 bridgehead atoms. The molecule has 1 aromatic carbocycles. The SMILES string of the molecule is C=C/C(OC1CC2(C1)CN(c1ncncc1Oc1ccc(F)cc1C(=O)N(CC)C(C)C)C2)=C1/CNCC1=C.CC. The highest BCUT2D eigenvalue weighted by molar-refractivity contribution is 5.97. The zero-order chi connectivity index (χ0) is 29.7. The highest BCUT2D eigenvalue weighted by atomic mass is 19.1. The monoisotopic (exact) mass is 563 g/mol. The van der Waals surface area contributed by atoms with Gasteiger partial charge in [0.05, 0.1) is 11.8 Å². The van der Waals surface area contributed by atoms with Crippen LogP contribution in [0.1, 0.15) is 57.8 Å². The fourth-order valence-corrected chi connectivity index (χ4v) is 5.81. The van der Waals surface area contributed by atoms with Gasteiger partial charge in [0.2, 0.25) is 0 Å². The van der Waals surface area contributed by atoms with Gasteiger partial charge < -0.3 is 24.6 Å². The summed E-state index contributed by atoms with van der Waals surface area (Å²) in [5.74, 6) is 1.41. The van der Waals surface area contributed by atoms with Crippen molar-refractivity contribution in [3.63, 3.8) is 0 Å². The average Bonchev–Trinajstić information content (AvgIpc) is 3.35. The molecule has 1 saturated carbocycles. The normalized spacial score (nSPS) is 18.7. The third-order valence-electron chi connectivity index (χ3n) is 7.79. The van der Waals surface area contributed by atoms with Crippen LogP contribution >= 0.6 is 0 Å². The molecular formula is C32H42FN5O3. The molecular weight excluding hydrogens is 521 g/mol. The minimum absolute atomic E-state index is 0.0331. The zero-order valence-corrected chi connectivity index (χ0v) is 24.9. The number of benzene rings is 1. The van der Waals surface area contributed by atoms with E-state index in [1.807, 2.05) is 34.6 Å². The van der Waals surface area contributed by atoms with Crippen LogP contribution in [0.4, 0.5) is 10.2 Å². The van der Waals surface area contributed by atoms with E-state index in [1.54, 1.807) is 17.2 Å². The molecule has 1 aromatic heterocycles. The Labute approximate surface area is 242 Å². The minimum Gasteiger partial charge on any atom is -0.490 e. The van der Waals surface area contributed by atoms with Crippen molar-refractivity contribution in [2.75, 3.05) is 37.6 Å². The topological polar surface area (TPSA) is 79.8 Å². The first-order valence-electron chi connectivity index (χ1n) is 14.5. The third kappa shape index (κ3) is 6.30. The molecule has 41 heavy (non-hydrogen) atoms. The minimum atomic E-state index is -0.495. The van der Waals surface area contributed by atoms with Crippen LogP contribution in [-0.2, 0) is 4.74 Å². The molecule has 3 fully saturated rings. The Morgan fingerprint density at radius 2 is 2.00 bits per heavy atom. The lowest BCUT2D eigenvalue weighted by molar-refractivity contribution is -0.0644. The van der Waals surface area contributed by atoms with Gasteiger partial charge in [0.15, 0.2) is 11.6 Å². The van der Waals surface area contributed by atoms with E-state index in [-0.39, 0.29) is 34.8 Å². The maximum Gasteiger partial charge on any atom is 0.257 e. The highest BCUT2D eigenvalue weighted by Gasteiger charge is 2.54. The van der Waals surface area contributed by atoms with Gasteiger partial charge >= 0.3 is 0 Å². The van der Waals surface area contributed by atoms with Crippen molar-refractivity contribution in [3.8, 4) is 11.5 Å². The van der Waals surface area contributed by atoms with Gasteiger partial charge in [0.1, 0.15) is 29.8 Å². The molecule has 3 heterocycles. The lowest BCUT2D eigenvalue weighted by atomic mass is 9.61. The van der Waals surface area contributed by atoms with Gasteiger partial charge in [0, 0.05) is 49.8 Å². The second-order valence-electron chi connectivity index (χ2n) is 10.9. The van der Waals surface area contributed by atoms with E-state index < -0.39 is 5.82 Å². The summed E-state index contributed by atoms with van der Waals surface area (Å²) in [5, 5.41) is 3.30. The second-order valence-corrected chi connectivity index (χ2v) is 10.9. The number of hydrogen-bond acceptors (Lipinski definition) is 7. The molecule has 1 aliphatic carbocycles. The van der Waals surface area contributed by atoms with E-state index in [1.165, 1.54) is 24.5 Å². The number of carbonyl (C=O) groups is 1. The largest absolute Gasteiger partial charge is 0.490 e. The summed E-state index contributed by atoms with van der Waals surface area (Å²) in [6.07, 6.45) is 6.91. The van der Waals surface area contributed by atoms with E-state index in [4.69, 9.17) is 9.47 Å². The Kier molecular flexibility index (Phi) is 9.48. The van der Waals surface area contributed by atoms with Gasteiger partial charge in [-0.25, -0.2) is 14.4 Å². The molecule has 0 radical (unpaired) electrons. The molecule has 2 aromatic rings. The number of amides is 1. The first-order valence-corrected chi connectivity index (χ1v) is 14.5. The van der Waals surface area contributed by atoms with Crippen LogP contribution in [0.15, 0.2) is 66.9 Å². The fourth-order valence-electron chi connectivity index (χ4n) is 5.81. The number of hydrogen-bond donors (Lipinski definition) is 1. The van der Waals surface area contributed by atoms with E-state index in [9.17, 15) is 9.18 Å². The Hall–Kier alpha value is -3.72. The van der Waals surface area contributed by atoms with Crippen LogP contribution < -0.4 is 15.0 Å². The van der Waals surface area contributed by atoms with Crippen molar-refractivity contribution < 1.29 is 18.7 Å². The van der Waals surface area contributed by atoms with Gasteiger partial charge in [-0.3, -0.25) is 4.79 Å². The maximum atomic E-state index is 14.2. The maximum absolute atomic E-state index is 14.2. The number of aromatic nitrogens is 2. The number of rotatable bonds is 9. The Morgan fingerprint density at radius 3 is 2.61 bits per heavy atom. The summed E-state index contributed by atoms with van der Waals surface area (Å²) in [7, 11) is 0. The molecule has 1 amide bonds. The van der Waals surface area contributed by atoms with Crippen LogP contribution in [0, 0.1) is 11.2 Å². The van der Waals surface area contributed by atoms with E-state index in [0.29, 0.717) is 18.1 Å². The summed E-state index contributed by atoms with van der Waals surface area (Å²) in [6, 6.07) is 3.97. The van der Waals surface area contributed by atoms with Crippen molar-refractivity contribution in [2.45, 2.75) is 59.6 Å². The van der Waals surface area contributed by atoms with E-state index in [0.717, 1.165) is 55.9 Å². The molecule has 3 aliphatic rings. The predicted octanol–water partition coefficient (Wildman–Crippen LogP) is 5.89. The third-order valence-corrected chi connectivity index (χ3v) is 7.79. The standard InChI is InChI=1S/C30H36FN5O3.C2H6/c1-6-25(24-14-32-13-20(24)5)38-22-11-30(12-22)16-35(17-30)28-27(15-33-18-34-28)39-26-9-8-21(31)10-23(26)29(37)36(7-2)19(3)4;1-2/h6,8-10,15,18-19,22,32H,1,5,7,11-14,16-17H2,2-4H3;1-2H3/b25-24+;. The van der Waals surface area contributed by atoms with Crippen molar-refractivity contribution in [2.24, 2.45) is 5.41 Å². The van der Waals surface area contributed by atoms with Gasteiger partial charge in [-0.2, -0.15) is 0 Å². The molecule has 1 N–H and O–H groups in total. The number of halogens is 1. The number of ether oxygens (including phenoxy) is 2. The van der Waals surface area contributed by atoms with Crippen molar-refractivity contribution in [1.29, 1.82) is 0 Å². The average molecular weight is 564 g/mol.